The Balaban J connectivity index is 0.00000405. The van der Waals surface area contributed by atoms with Gasteiger partial charge in [0.1, 0.15) is 29.0 Å². The molecule has 0 saturated carbocycles. The first kappa shape index (κ1) is 31.1. The number of urea groups is 1. The monoisotopic (exact) mass is 638 g/mol. The van der Waals surface area contributed by atoms with E-state index in [0.29, 0.717) is 27.8 Å². The largest absolute Gasteiger partial charge is 0.330 e. The fourth-order valence-electron chi connectivity index (χ4n) is 4.61. The lowest BCUT2D eigenvalue weighted by Gasteiger charge is -2.26. The zero-order valence-electron chi connectivity index (χ0n) is 22.2. The highest BCUT2D eigenvalue weighted by atomic mass is 32.2. The molecular weight excluding hydrogens is 614 g/mol. The number of nitrogens with zero attached hydrogens (tertiary/aromatic N) is 4. The normalized spacial score (nSPS) is 13.3. The summed E-state index contributed by atoms with van der Waals surface area (Å²) in [5.74, 6) is -3.31. The third-order valence-corrected chi connectivity index (χ3v) is 8.76. The molecule has 2 aromatic heterocycles. The Morgan fingerprint density at radius 1 is 1.14 bits per heavy atom. The average molecular weight is 639 g/mol. The second-order valence-corrected chi connectivity index (χ2v) is 12.1. The lowest BCUT2D eigenvalue weighted by Crippen LogP contribution is -2.54. The second-order valence-electron chi connectivity index (χ2n) is 9.30. The van der Waals surface area contributed by atoms with Gasteiger partial charge in [0.05, 0.1) is 15.4 Å². The molecular formula is C26H25F3N6O4S3. The number of fused-ring (bicyclic) bond motifs is 2. The maximum atomic E-state index is 15.3. The first-order chi connectivity index (χ1) is 19.4. The van der Waals surface area contributed by atoms with E-state index in [-0.39, 0.29) is 42.6 Å². The molecule has 1 aliphatic heterocycles. The van der Waals surface area contributed by atoms with Gasteiger partial charge in [-0.15, -0.1) is 11.3 Å². The Kier molecular flexibility index (Phi) is 8.98. The van der Waals surface area contributed by atoms with E-state index >= 15 is 4.39 Å². The van der Waals surface area contributed by atoms with Gasteiger partial charge < -0.3 is 10.2 Å². The summed E-state index contributed by atoms with van der Waals surface area (Å²) in [4.78, 5) is 35.6. The summed E-state index contributed by atoms with van der Waals surface area (Å²) in [7, 11) is -3.18. The summed E-state index contributed by atoms with van der Waals surface area (Å²) in [6, 6.07) is 6.09. The van der Waals surface area contributed by atoms with Gasteiger partial charge >= 0.3 is 16.2 Å². The van der Waals surface area contributed by atoms with E-state index in [9.17, 15) is 26.8 Å². The summed E-state index contributed by atoms with van der Waals surface area (Å²) in [6.07, 6.45) is 1.37. The number of carbonyl (C=O) groups is 2. The average Bonchev–Trinajstić information content (AvgIpc) is 3.51. The Bertz CT molecular complexity index is 1770. The van der Waals surface area contributed by atoms with Gasteiger partial charge in [-0.3, -0.25) is 4.79 Å². The molecule has 0 radical (unpaired) electrons. The standard InChI is InChI=1S/C26H23F3N6O4S2.H2S/c1-14-31-23-21(40-14)6-5-20(22(23)29)34(2)25(36)19(12-15-10-17(27)13-18(28)11-15)32-26(37)33-41(38,39)35-9-7-16-4-3-8-30-24(16)35;/h3-6,8,10-11,13,19H,7,9,12H2,1-2H3,(H2,32,33,37);1H2/t19-;/m0./s1. The fraction of sp³-hybridized carbons (Fsp3) is 0.231. The van der Waals surface area contributed by atoms with Crippen molar-refractivity contribution in [3.8, 4) is 0 Å². The van der Waals surface area contributed by atoms with Crippen LogP contribution in [-0.2, 0) is 27.8 Å². The van der Waals surface area contributed by atoms with Gasteiger partial charge in [0.15, 0.2) is 5.82 Å². The molecule has 1 aliphatic rings. The van der Waals surface area contributed by atoms with E-state index in [1.165, 1.54) is 30.6 Å². The van der Waals surface area contributed by atoms with Crippen molar-refractivity contribution in [2.75, 3.05) is 22.8 Å². The predicted octanol–water partition coefficient (Wildman–Crippen LogP) is 3.71. The number of aryl methyl sites for hydroxylation is 1. The SMILES string of the molecule is Cc1nc2c(F)c(N(C)C(=O)[C@H](Cc3cc(F)cc(F)c3)NC(=O)NS(=O)(=O)N3CCc4cccnc43)ccc2s1.S. The number of rotatable bonds is 7. The minimum Gasteiger partial charge on any atom is -0.325 e. The number of anilines is 2. The molecule has 5 rings (SSSR count). The number of hydrogen-bond acceptors (Lipinski definition) is 7. The van der Waals surface area contributed by atoms with Gasteiger partial charge in [-0.2, -0.15) is 21.9 Å². The lowest BCUT2D eigenvalue weighted by molar-refractivity contribution is -0.120. The molecule has 16 heteroatoms. The number of carbonyl (C=O) groups excluding carboxylic acids is 2. The maximum Gasteiger partial charge on any atom is 0.330 e. The Morgan fingerprint density at radius 3 is 2.57 bits per heavy atom. The minimum absolute atomic E-state index is 0. The van der Waals surface area contributed by atoms with Crippen molar-refractivity contribution in [1.82, 2.24) is 20.0 Å². The van der Waals surface area contributed by atoms with Crippen LogP contribution < -0.4 is 19.2 Å². The van der Waals surface area contributed by atoms with E-state index in [0.717, 1.165) is 21.3 Å². The number of pyridine rings is 1. The van der Waals surface area contributed by atoms with Gasteiger partial charge in [0.2, 0.25) is 5.91 Å². The van der Waals surface area contributed by atoms with Crippen molar-refractivity contribution < 1.29 is 31.2 Å². The van der Waals surface area contributed by atoms with Crippen LogP contribution in [0.15, 0.2) is 48.7 Å². The quantitative estimate of drug-likeness (QED) is 0.318. The molecule has 4 aromatic rings. The first-order valence-electron chi connectivity index (χ1n) is 12.3. The van der Waals surface area contributed by atoms with E-state index in [1.54, 1.807) is 25.1 Å². The lowest BCUT2D eigenvalue weighted by atomic mass is 10.0. The molecule has 2 N–H and O–H groups in total. The van der Waals surface area contributed by atoms with Crippen LogP contribution in [0, 0.1) is 24.4 Å². The van der Waals surface area contributed by atoms with Crippen molar-refractivity contribution in [3.05, 3.63) is 82.2 Å². The van der Waals surface area contributed by atoms with Crippen LogP contribution >= 0.6 is 24.8 Å². The van der Waals surface area contributed by atoms with Crippen molar-refractivity contribution in [2.24, 2.45) is 0 Å². The van der Waals surface area contributed by atoms with Crippen LogP contribution in [0.4, 0.5) is 29.5 Å². The highest BCUT2D eigenvalue weighted by Crippen LogP contribution is 2.31. The van der Waals surface area contributed by atoms with Gasteiger partial charge in [0.25, 0.3) is 0 Å². The maximum absolute atomic E-state index is 15.3. The molecule has 42 heavy (non-hydrogen) atoms. The molecule has 0 unspecified atom stereocenters. The first-order valence-corrected chi connectivity index (χ1v) is 14.5. The Labute approximate surface area is 250 Å². The number of likely N-dealkylation sites (N-methyl/N-ethyl adjacent to an activating group) is 1. The van der Waals surface area contributed by atoms with Crippen molar-refractivity contribution >= 4 is 68.7 Å². The molecule has 0 fully saturated rings. The van der Waals surface area contributed by atoms with Gasteiger partial charge in [-0.1, -0.05) is 6.07 Å². The molecule has 3 amide bonds. The van der Waals surface area contributed by atoms with Gasteiger partial charge in [-0.25, -0.2) is 37.0 Å². The van der Waals surface area contributed by atoms with Crippen LogP contribution in [0.3, 0.4) is 0 Å². The van der Waals surface area contributed by atoms with Crippen LogP contribution in [0.25, 0.3) is 10.2 Å². The molecule has 0 aliphatic carbocycles. The zero-order chi connectivity index (χ0) is 29.5. The molecule has 3 heterocycles. The van der Waals surface area contributed by atoms with Crippen LogP contribution in [0.1, 0.15) is 16.1 Å². The van der Waals surface area contributed by atoms with E-state index in [1.807, 2.05) is 4.72 Å². The topological polar surface area (TPSA) is 125 Å². The molecule has 0 bridgehead atoms. The summed E-state index contributed by atoms with van der Waals surface area (Å²) in [5, 5.41) is 2.89. The number of hydrogen-bond donors (Lipinski definition) is 2. The highest BCUT2D eigenvalue weighted by Gasteiger charge is 2.34. The highest BCUT2D eigenvalue weighted by molar-refractivity contribution is 7.91. The third-order valence-electron chi connectivity index (χ3n) is 6.44. The van der Waals surface area contributed by atoms with E-state index in [2.05, 4.69) is 15.3 Å². The molecule has 1 atom stereocenters. The number of benzene rings is 2. The summed E-state index contributed by atoms with van der Waals surface area (Å²) < 4.78 is 72.5. The Morgan fingerprint density at radius 2 is 1.86 bits per heavy atom. The number of halogens is 3. The zero-order valence-corrected chi connectivity index (χ0v) is 24.8. The van der Waals surface area contributed by atoms with E-state index in [4.69, 9.17) is 0 Å². The molecule has 222 valence electrons. The number of aromatic nitrogens is 2. The van der Waals surface area contributed by atoms with Gasteiger partial charge in [-0.05, 0) is 54.8 Å². The summed E-state index contributed by atoms with van der Waals surface area (Å²) in [6.45, 7) is 1.75. The third kappa shape index (κ3) is 6.29. The summed E-state index contributed by atoms with van der Waals surface area (Å²) in [5.41, 5.74) is 0.582. The van der Waals surface area contributed by atoms with Crippen LogP contribution in [-0.4, -0.2) is 50.0 Å². The van der Waals surface area contributed by atoms with Crippen molar-refractivity contribution in [1.29, 1.82) is 0 Å². The van der Waals surface area contributed by atoms with Gasteiger partial charge in [0, 0.05) is 32.3 Å². The Hall–Kier alpha value is -3.89. The fourth-order valence-corrected chi connectivity index (χ4v) is 6.56. The van der Waals surface area contributed by atoms with Crippen molar-refractivity contribution in [3.63, 3.8) is 0 Å². The predicted molar refractivity (Wildman–Crippen MR) is 158 cm³/mol. The number of nitrogens with one attached hydrogen (secondary N) is 2. The molecule has 2 aromatic carbocycles. The van der Waals surface area contributed by atoms with E-state index < -0.39 is 52.1 Å². The molecule has 0 spiro atoms. The van der Waals surface area contributed by atoms with Crippen molar-refractivity contribution in [2.45, 2.75) is 25.8 Å². The molecule has 10 nitrogen and oxygen atoms in total. The molecule has 0 saturated heterocycles. The minimum atomic E-state index is -4.43. The van der Waals surface area contributed by atoms with Crippen LogP contribution in [0.5, 0.6) is 0 Å². The smallest absolute Gasteiger partial charge is 0.325 e. The number of amides is 3. The summed E-state index contributed by atoms with van der Waals surface area (Å²) >= 11 is 1.27. The second kappa shape index (κ2) is 12.1. The van der Waals surface area contributed by atoms with Crippen LogP contribution in [0.2, 0.25) is 0 Å². The number of thiazole rings is 1.